The minimum absolute atomic E-state index is 0.258. The van der Waals surface area contributed by atoms with Crippen molar-refractivity contribution >= 4 is 17.3 Å². The standard InChI is InChI=1S/C14H22N2O2S/c1-10(6-14(17)18)12-4-3-5-16(8-12)11(2)13-7-15-9-19-13/h7,9-12H,3-6,8H2,1-2H3,(H,17,18). The number of hydrogen-bond donors (Lipinski definition) is 1. The Hall–Kier alpha value is -0.940. The van der Waals surface area contributed by atoms with Gasteiger partial charge in [0, 0.05) is 30.1 Å². The maximum Gasteiger partial charge on any atom is 0.303 e. The van der Waals surface area contributed by atoms with Crippen molar-refractivity contribution < 1.29 is 9.90 Å². The largest absolute Gasteiger partial charge is 0.481 e. The summed E-state index contributed by atoms with van der Waals surface area (Å²) in [7, 11) is 0. The van der Waals surface area contributed by atoms with Crippen LogP contribution < -0.4 is 0 Å². The number of aliphatic carboxylic acids is 1. The van der Waals surface area contributed by atoms with Crippen LogP contribution in [-0.2, 0) is 4.79 Å². The van der Waals surface area contributed by atoms with Crippen LogP contribution in [0.4, 0.5) is 0 Å². The van der Waals surface area contributed by atoms with Gasteiger partial charge in [-0.15, -0.1) is 11.3 Å². The number of rotatable bonds is 5. The molecule has 5 heteroatoms. The number of carboxylic acid groups (broad SMARTS) is 1. The Morgan fingerprint density at radius 1 is 1.63 bits per heavy atom. The molecule has 1 N–H and O–H groups in total. The molecule has 3 atom stereocenters. The molecule has 0 radical (unpaired) electrons. The van der Waals surface area contributed by atoms with Gasteiger partial charge in [0.2, 0.25) is 0 Å². The summed E-state index contributed by atoms with van der Waals surface area (Å²) in [5, 5.41) is 8.92. The van der Waals surface area contributed by atoms with E-state index in [1.165, 1.54) is 4.88 Å². The average Bonchev–Trinajstić information content (AvgIpc) is 2.91. The smallest absolute Gasteiger partial charge is 0.303 e. The van der Waals surface area contributed by atoms with Gasteiger partial charge in [0.25, 0.3) is 0 Å². The summed E-state index contributed by atoms with van der Waals surface area (Å²) in [4.78, 5) is 18.8. The summed E-state index contributed by atoms with van der Waals surface area (Å²) in [6.45, 7) is 6.40. The van der Waals surface area contributed by atoms with Gasteiger partial charge in [-0.05, 0) is 38.1 Å². The molecule has 1 aromatic rings. The summed E-state index contributed by atoms with van der Waals surface area (Å²) in [6.07, 6.45) is 4.55. The predicted molar refractivity (Wildman–Crippen MR) is 76.2 cm³/mol. The van der Waals surface area contributed by atoms with Crippen molar-refractivity contribution in [1.82, 2.24) is 9.88 Å². The average molecular weight is 282 g/mol. The highest BCUT2D eigenvalue weighted by Crippen LogP contribution is 2.32. The second-order valence-electron chi connectivity index (χ2n) is 5.55. The van der Waals surface area contributed by atoms with Crippen molar-refractivity contribution in [3.8, 4) is 0 Å². The fourth-order valence-corrected chi connectivity index (χ4v) is 3.62. The van der Waals surface area contributed by atoms with E-state index in [1.54, 1.807) is 11.3 Å². The summed E-state index contributed by atoms with van der Waals surface area (Å²) in [5.74, 6) is 0.0781. The van der Waals surface area contributed by atoms with Gasteiger partial charge in [-0.1, -0.05) is 6.92 Å². The van der Waals surface area contributed by atoms with Crippen LogP contribution in [0.3, 0.4) is 0 Å². The van der Waals surface area contributed by atoms with E-state index in [0.29, 0.717) is 12.0 Å². The first kappa shape index (κ1) is 14.5. The molecule has 19 heavy (non-hydrogen) atoms. The lowest BCUT2D eigenvalue weighted by Gasteiger charge is -2.38. The molecule has 3 unspecified atom stereocenters. The third-order valence-corrected chi connectivity index (χ3v) is 5.15. The van der Waals surface area contributed by atoms with Crippen LogP contribution >= 0.6 is 11.3 Å². The molecule has 1 saturated heterocycles. The summed E-state index contributed by atoms with van der Waals surface area (Å²) >= 11 is 1.70. The van der Waals surface area contributed by atoms with E-state index in [9.17, 15) is 4.79 Å². The molecule has 106 valence electrons. The fourth-order valence-electron chi connectivity index (χ4n) is 2.91. The molecule has 4 nitrogen and oxygen atoms in total. The van der Waals surface area contributed by atoms with Gasteiger partial charge in [-0.2, -0.15) is 0 Å². The van der Waals surface area contributed by atoms with Crippen LogP contribution in [-0.4, -0.2) is 34.0 Å². The number of likely N-dealkylation sites (tertiary alicyclic amines) is 1. The minimum Gasteiger partial charge on any atom is -0.481 e. The van der Waals surface area contributed by atoms with Crippen LogP contribution in [0.1, 0.15) is 44.0 Å². The third kappa shape index (κ3) is 3.76. The van der Waals surface area contributed by atoms with Gasteiger partial charge in [-0.3, -0.25) is 14.7 Å². The Bertz CT molecular complexity index is 408. The summed E-state index contributed by atoms with van der Waals surface area (Å²) < 4.78 is 0. The molecule has 1 fully saturated rings. The second kappa shape index (κ2) is 6.48. The normalized spacial score (nSPS) is 24.0. The van der Waals surface area contributed by atoms with Crippen molar-refractivity contribution in [3.05, 3.63) is 16.6 Å². The zero-order valence-corrected chi connectivity index (χ0v) is 12.4. The molecule has 0 aliphatic carbocycles. The van der Waals surface area contributed by atoms with Gasteiger partial charge in [0.15, 0.2) is 0 Å². The van der Waals surface area contributed by atoms with E-state index in [1.807, 2.05) is 11.7 Å². The zero-order valence-electron chi connectivity index (χ0n) is 11.6. The van der Waals surface area contributed by atoms with Gasteiger partial charge in [0.1, 0.15) is 0 Å². The van der Waals surface area contributed by atoms with Gasteiger partial charge < -0.3 is 5.11 Å². The number of thiazole rings is 1. The van der Waals surface area contributed by atoms with Crippen LogP contribution in [0.5, 0.6) is 0 Å². The Balaban J connectivity index is 1.95. The maximum atomic E-state index is 10.8. The van der Waals surface area contributed by atoms with E-state index < -0.39 is 5.97 Å². The van der Waals surface area contributed by atoms with Gasteiger partial charge >= 0.3 is 5.97 Å². The molecule has 0 saturated carbocycles. The van der Waals surface area contributed by atoms with Crippen molar-refractivity contribution in [3.63, 3.8) is 0 Å². The first-order valence-corrected chi connectivity index (χ1v) is 7.80. The van der Waals surface area contributed by atoms with Gasteiger partial charge in [-0.25, -0.2) is 0 Å². The Morgan fingerprint density at radius 2 is 2.42 bits per heavy atom. The maximum absolute atomic E-state index is 10.8. The highest BCUT2D eigenvalue weighted by Gasteiger charge is 2.29. The Kier molecular flexibility index (Phi) is 4.93. The minimum atomic E-state index is -0.680. The van der Waals surface area contributed by atoms with Crippen LogP contribution in [0.15, 0.2) is 11.7 Å². The van der Waals surface area contributed by atoms with Crippen LogP contribution in [0.25, 0.3) is 0 Å². The van der Waals surface area contributed by atoms with Crippen molar-refractivity contribution in [2.24, 2.45) is 11.8 Å². The van der Waals surface area contributed by atoms with Crippen molar-refractivity contribution in [1.29, 1.82) is 0 Å². The first-order chi connectivity index (χ1) is 9.08. The second-order valence-corrected chi connectivity index (χ2v) is 6.47. The molecule has 1 aromatic heterocycles. The third-order valence-electron chi connectivity index (χ3n) is 4.20. The quantitative estimate of drug-likeness (QED) is 0.902. The molecule has 1 aliphatic rings. The Morgan fingerprint density at radius 3 is 3.05 bits per heavy atom. The molecule has 0 aromatic carbocycles. The molecule has 2 rings (SSSR count). The monoisotopic (exact) mass is 282 g/mol. The molecule has 0 spiro atoms. The topological polar surface area (TPSA) is 53.4 Å². The molecule has 1 aliphatic heterocycles. The summed E-state index contributed by atoms with van der Waals surface area (Å²) in [5.41, 5.74) is 1.88. The molecular formula is C14H22N2O2S. The molecular weight excluding hydrogens is 260 g/mol. The highest BCUT2D eigenvalue weighted by atomic mass is 32.1. The number of carbonyl (C=O) groups is 1. The van der Waals surface area contributed by atoms with E-state index in [0.717, 1.165) is 25.9 Å². The number of aromatic nitrogens is 1. The van der Waals surface area contributed by atoms with E-state index in [-0.39, 0.29) is 12.3 Å². The Labute approximate surface area is 118 Å². The van der Waals surface area contributed by atoms with Crippen molar-refractivity contribution in [2.45, 2.75) is 39.2 Å². The molecule has 0 amide bonds. The molecule has 0 bridgehead atoms. The predicted octanol–water partition coefficient (Wildman–Crippen LogP) is 3.03. The fraction of sp³-hybridized carbons (Fsp3) is 0.714. The van der Waals surface area contributed by atoms with E-state index >= 15 is 0 Å². The summed E-state index contributed by atoms with van der Waals surface area (Å²) in [6, 6.07) is 0.396. The number of piperidine rings is 1. The van der Waals surface area contributed by atoms with Crippen LogP contribution in [0, 0.1) is 11.8 Å². The number of hydrogen-bond acceptors (Lipinski definition) is 4. The lowest BCUT2D eigenvalue weighted by atomic mass is 9.84. The lowest BCUT2D eigenvalue weighted by Crippen LogP contribution is -2.39. The van der Waals surface area contributed by atoms with Gasteiger partial charge in [0.05, 0.1) is 5.51 Å². The number of nitrogens with zero attached hydrogens (tertiary/aromatic N) is 2. The van der Waals surface area contributed by atoms with E-state index in [4.69, 9.17) is 5.11 Å². The first-order valence-electron chi connectivity index (χ1n) is 6.92. The lowest BCUT2D eigenvalue weighted by molar-refractivity contribution is -0.138. The highest BCUT2D eigenvalue weighted by molar-refractivity contribution is 7.09. The van der Waals surface area contributed by atoms with Crippen LogP contribution in [0.2, 0.25) is 0 Å². The number of carboxylic acids is 1. The SMILES string of the molecule is CC(CC(=O)O)C1CCCN(C(C)c2cncs2)C1. The molecule has 2 heterocycles. The van der Waals surface area contributed by atoms with Crippen molar-refractivity contribution in [2.75, 3.05) is 13.1 Å². The van der Waals surface area contributed by atoms with E-state index in [2.05, 4.69) is 23.7 Å². The zero-order chi connectivity index (χ0) is 13.8.